The van der Waals surface area contributed by atoms with Gasteiger partial charge >= 0.3 is 12.0 Å². The predicted octanol–water partition coefficient (Wildman–Crippen LogP) is 0.135. The molecule has 0 radical (unpaired) electrons. The van der Waals surface area contributed by atoms with Crippen molar-refractivity contribution in [2.75, 3.05) is 19.6 Å². The standard InChI is InChI=1S/C11H21N3O3/c12-5-2-6-13-11(17)14-7-8-3-1-4-9(8)10(15)16/h8-9H,1-7,12H2,(H,15,16)(H2,13,14,17). The average molecular weight is 243 g/mol. The molecule has 0 aliphatic heterocycles. The Morgan fingerprint density at radius 2 is 2.06 bits per heavy atom. The van der Waals surface area contributed by atoms with Gasteiger partial charge in [0.25, 0.3) is 0 Å². The van der Waals surface area contributed by atoms with Crippen LogP contribution in [-0.4, -0.2) is 36.7 Å². The summed E-state index contributed by atoms with van der Waals surface area (Å²) in [5.74, 6) is -0.995. The number of urea groups is 1. The molecule has 0 aromatic heterocycles. The molecular formula is C11H21N3O3. The molecular weight excluding hydrogens is 222 g/mol. The largest absolute Gasteiger partial charge is 0.481 e. The van der Waals surface area contributed by atoms with Crippen LogP contribution < -0.4 is 16.4 Å². The van der Waals surface area contributed by atoms with Crippen molar-refractivity contribution >= 4 is 12.0 Å². The van der Waals surface area contributed by atoms with Gasteiger partial charge in [-0.25, -0.2) is 4.79 Å². The van der Waals surface area contributed by atoms with Crippen molar-refractivity contribution < 1.29 is 14.7 Å². The van der Waals surface area contributed by atoms with E-state index in [0.29, 0.717) is 19.6 Å². The molecule has 6 nitrogen and oxygen atoms in total. The molecule has 17 heavy (non-hydrogen) atoms. The van der Waals surface area contributed by atoms with Crippen LogP contribution in [0, 0.1) is 11.8 Å². The number of hydrogen-bond acceptors (Lipinski definition) is 3. The number of amides is 2. The van der Waals surface area contributed by atoms with Gasteiger partial charge in [0, 0.05) is 13.1 Å². The minimum absolute atomic E-state index is 0.0627. The van der Waals surface area contributed by atoms with Crippen LogP contribution in [0.5, 0.6) is 0 Å². The Balaban J connectivity index is 2.21. The van der Waals surface area contributed by atoms with E-state index < -0.39 is 5.97 Å². The second-order valence-corrected chi connectivity index (χ2v) is 4.41. The van der Waals surface area contributed by atoms with Gasteiger partial charge in [0.2, 0.25) is 0 Å². The fourth-order valence-corrected chi connectivity index (χ4v) is 2.20. The normalized spacial score (nSPS) is 23.4. The van der Waals surface area contributed by atoms with Gasteiger partial charge < -0.3 is 21.5 Å². The maximum Gasteiger partial charge on any atom is 0.314 e. The van der Waals surface area contributed by atoms with Crippen LogP contribution in [0.3, 0.4) is 0 Å². The van der Waals surface area contributed by atoms with Crippen molar-refractivity contribution in [2.24, 2.45) is 17.6 Å². The van der Waals surface area contributed by atoms with Gasteiger partial charge in [-0.05, 0) is 31.7 Å². The number of hydrogen-bond donors (Lipinski definition) is 4. The molecule has 2 unspecified atom stereocenters. The third-order valence-corrected chi connectivity index (χ3v) is 3.17. The lowest BCUT2D eigenvalue weighted by molar-refractivity contribution is -0.142. The summed E-state index contributed by atoms with van der Waals surface area (Å²) in [6, 6.07) is -0.241. The summed E-state index contributed by atoms with van der Waals surface area (Å²) in [5, 5.41) is 14.4. The molecule has 98 valence electrons. The average Bonchev–Trinajstić information content (AvgIpc) is 2.75. The lowest BCUT2D eigenvalue weighted by Gasteiger charge is -2.16. The summed E-state index contributed by atoms with van der Waals surface area (Å²) in [6.45, 7) is 1.53. The number of carboxylic acids is 1. The van der Waals surface area contributed by atoms with Gasteiger partial charge in [-0.3, -0.25) is 4.79 Å². The van der Waals surface area contributed by atoms with Gasteiger partial charge in [0.15, 0.2) is 0 Å². The van der Waals surface area contributed by atoms with E-state index >= 15 is 0 Å². The minimum Gasteiger partial charge on any atom is -0.481 e. The molecule has 1 saturated carbocycles. The van der Waals surface area contributed by atoms with Gasteiger partial charge in [-0.15, -0.1) is 0 Å². The zero-order valence-electron chi connectivity index (χ0n) is 9.95. The Morgan fingerprint density at radius 1 is 1.29 bits per heavy atom. The van der Waals surface area contributed by atoms with E-state index in [2.05, 4.69) is 10.6 Å². The molecule has 0 bridgehead atoms. The van der Waals surface area contributed by atoms with E-state index in [1.165, 1.54) is 0 Å². The van der Waals surface area contributed by atoms with Crippen LogP contribution in [0.1, 0.15) is 25.7 Å². The summed E-state index contributed by atoms with van der Waals surface area (Å²) >= 11 is 0. The smallest absolute Gasteiger partial charge is 0.314 e. The SMILES string of the molecule is NCCCNC(=O)NCC1CCCC1C(=O)O. The Bertz CT molecular complexity index is 271. The van der Waals surface area contributed by atoms with E-state index in [-0.39, 0.29) is 17.9 Å². The van der Waals surface area contributed by atoms with Crippen molar-refractivity contribution in [3.63, 3.8) is 0 Å². The fourth-order valence-electron chi connectivity index (χ4n) is 2.20. The predicted molar refractivity (Wildman–Crippen MR) is 63.5 cm³/mol. The third kappa shape index (κ3) is 4.60. The van der Waals surface area contributed by atoms with Gasteiger partial charge in [-0.1, -0.05) is 6.42 Å². The molecule has 0 aromatic carbocycles. The number of nitrogens with one attached hydrogen (secondary N) is 2. The minimum atomic E-state index is -0.752. The first-order valence-corrected chi connectivity index (χ1v) is 6.09. The third-order valence-electron chi connectivity index (χ3n) is 3.17. The molecule has 1 fully saturated rings. The zero-order chi connectivity index (χ0) is 12.7. The first-order chi connectivity index (χ1) is 8.15. The molecule has 0 aromatic rings. The molecule has 1 aliphatic rings. The quantitative estimate of drug-likeness (QED) is 0.498. The van der Waals surface area contributed by atoms with Crippen molar-refractivity contribution in [2.45, 2.75) is 25.7 Å². The summed E-state index contributed by atoms with van der Waals surface area (Å²) in [6.07, 6.45) is 3.27. The maximum absolute atomic E-state index is 11.3. The van der Waals surface area contributed by atoms with E-state index in [1.807, 2.05) is 0 Å². The van der Waals surface area contributed by atoms with Crippen LogP contribution in [0.4, 0.5) is 4.79 Å². The van der Waals surface area contributed by atoms with E-state index in [0.717, 1.165) is 25.7 Å². The Morgan fingerprint density at radius 3 is 2.71 bits per heavy atom. The molecule has 1 aliphatic carbocycles. The Hall–Kier alpha value is -1.30. The van der Waals surface area contributed by atoms with Gasteiger partial charge in [0.05, 0.1) is 5.92 Å². The highest BCUT2D eigenvalue weighted by molar-refractivity contribution is 5.74. The highest BCUT2D eigenvalue weighted by Crippen LogP contribution is 2.31. The first-order valence-electron chi connectivity index (χ1n) is 6.09. The van der Waals surface area contributed by atoms with Crippen LogP contribution >= 0.6 is 0 Å². The monoisotopic (exact) mass is 243 g/mol. The van der Waals surface area contributed by atoms with Crippen molar-refractivity contribution in [3.05, 3.63) is 0 Å². The molecule has 6 heteroatoms. The van der Waals surface area contributed by atoms with E-state index in [4.69, 9.17) is 10.8 Å². The molecule has 5 N–H and O–H groups in total. The van der Waals surface area contributed by atoms with Gasteiger partial charge in [-0.2, -0.15) is 0 Å². The first kappa shape index (κ1) is 13.8. The highest BCUT2D eigenvalue weighted by atomic mass is 16.4. The Labute approximate surface area is 101 Å². The molecule has 2 atom stereocenters. The maximum atomic E-state index is 11.3. The number of aliphatic carboxylic acids is 1. The summed E-state index contributed by atoms with van der Waals surface area (Å²) < 4.78 is 0. The molecule has 0 saturated heterocycles. The summed E-state index contributed by atoms with van der Waals surface area (Å²) in [5.41, 5.74) is 5.30. The van der Waals surface area contributed by atoms with Crippen molar-refractivity contribution in [3.8, 4) is 0 Å². The number of rotatable bonds is 6. The lowest BCUT2D eigenvalue weighted by Crippen LogP contribution is -2.40. The molecule has 2 amide bonds. The van der Waals surface area contributed by atoms with Crippen LogP contribution in [0.15, 0.2) is 0 Å². The summed E-state index contributed by atoms with van der Waals surface area (Å²) in [7, 11) is 0. The molecule has 1 rings (SSSR count). The second-order valence-electron chi connectivity index (χ2n) is 4.41. The van der Waals surface area contributed by atoms with E-state index in [1.54, 1.807) is 0 Å². The van der Waals surface area contributed by atoms with Crippen LogP contribution in [0.2, 0.25) is 0 Å². The van der Waals surface area contributed by atoms with Crippen molar-refractivity contribution in [1.29, 1.82) is 0 Å². The Kier molecular flexibility index (Phi) is 5.76. The van der Waals surface area contributed by atoms with Crippen molar-refractivity contribution in [1.82, 2.24) is 10.6 Å². The number of carbonyl (C=O) groups is 2. The fraction of sp³-hybridized carbons (Fsp3) is 0.818. The molecule has 0 heterocycles. The zero-order valence-corrected chi connectivity index (χ0v) is 9.95. The number of carbonyl (C=O) groups excluding carboxylic acids is 1. The highest BCUT2D eigenvalue weighted by Gasteiger charge is 2.32. The number of nitrogens with two attached hydrogens (primary N) is 1. The topological polar surface area (TPSA) is 104 Å². The lowest BCUT2D eigenvalue weighted by atomic mass is 9.96. The van der Waals surface area contributed by atoms with Crippen LogP contribution in [0.25, 0.3) is 0 Å². The molecule has 0 spiro atoms. The second kappa shape index (κ2) is 7.11. The van der Waals surface area contributed by atoms with Gasteiger partial charge in [0.1, 0.15) is 0 Å². The number of carboxylic acid groups (broad SMARTS) is 1. The summed E-state index contributed by atoms with van der Waals surface area (Å²) in [4.78, 5) is 22.3. The van der Waals surface area contributed by atoms with E-state index in [9.17, 15) is 9.59 Å². The van der Waals surface area contributed by atoms with Crippen LogP contribution in [-0.2, 0) is 4.79 Å².